The summed E-state index contributed by atoms with van der Waals surface area (Å²) < 4.78 is 5.64. The number of ether oxygens (including phenoxy) is 1. The first-order valence-electron chi connectivity index (χ1n) is 6.18. The number of aliphatic imine (C=N–C) groups is 1. The van der Waals surface area contributed by atoms with Gasteiger partial charge in [0.2, 0.25) is 5.90 Å². The van der Waals surface area contributed by atoms with E-state index in [2.05, 4.69) is 4.99 Å². The molecule has 0 spiro atoms. The molecule has 0 saturated heterocycles. The minimum atomic E-state index is 0.0380. The van der Waals surface area contributed by atoms with Crippen molar-refractivity contribution in [3.05, 3.63) is 71.3 Å². The van der Waals surface area contributed by atoms with Crippen LogP contribution in [0.5, 0.6) is 0 Å². The fourth-order valence-corrected chi connectivity index (χ4v) is 2.12. The summed E-state index contributed by atoms with van der Waals surface area (Å²) >= 11 is 0. The van der Waals surface area contributed by atoms with E-state index >= 15 is 0 Å². The molecule has 3 rings (SSSR count). The molecule has 0 aliphatic carbocycles. The molecule has 0 saturated carbocycles. The second-order valence-corrected chi connectivity index (χ2v) is 4.42. The molecule has 1 atom stereocenters. The summed E-state index contributed by atoms with van der Waals surface area (Å²) in [5.74, 6) is 0.609. The van der Waals surface area contributed by atoms with Gasteiger partial charge in [-0.25, -0.2) is 4.99 Å². The van der Waals surface area contributed by atoms with E-state index in [4.69, 9.17) is 4.74 Å². The van der Waals surface area contributed by atoms with E-state index in [0.717, 1.165) is 17.4 Å². The SMILES string of the molecule is O=Cc1cccc(C2=N[C@@H](c3ccccc3)CO2)c1. The van der Waals surface area contributed by atoms with Crippen LogP contribution in [0.3, 0.4) is 0 Å². The van der Waals surface area contributed by atoms with Crippen LogP contribution in [0.25, 0.3) is 0 Å². The monoisotopic (exact) mass is 251 g/mol. The van der Waals surface area contributed by atoms with Gasteiger partial charge >= 0.3 is 0 Å². The topological polar surface area (TPSA) is 38.7 Å². The molecular formula is C16H13NO2. The molecule has 0 bridgehead atoms. The van der Waals surface area contributed by atoms with Crippen molar-refractivity contribution in [2.75, 3.05) is 6.61 Å². The van der Waals surface area contributed by atoms with E-state index in [1.807, 2.05) is 42.5 Å². The maximum absolute atomic E-state index is 10.8. The van der Waals surface area contributed by atoms with Crippen molar-refractivity contribution in [2.45, 2.75) is 6.04 Å². The normalized spacial score (nSPS) is 17.7. The fourth-order valence-electron chi connectivity index (χ4n) is 2.12. The van der Waals surface area contributed by atoms with Gasteiger partial charge in [0.05, 0.1) is 0 Å². The van der Waals surface area contributed by atoms with E-state index in [1.165, 1.54) is 0 Å². The van der Waals surface area contributed by atoms with Crippen molar-refractivity contribution in [2.24, 2.45) is 4.99 Å². The fraction of sp³-hybridized carbons (Fsp3) is 0.125. The highest BCUT2D eigenvalue weighted by atomic mass is 16.5. The van der Waals surface area contributed by atoms with Gasteiger partial charge in [-0.1, -0.05) is 42.5 Å². The number of rotatable bonds is 3. The Morgan fingerprint density at radius 1 is 1.11 bits per heavy atom. The molecule has 0 amide bonds. The molecular weight excluding hydrogens is 238 g/mol. The van der Waals surface area contributed by atoms with Crippen LogP contribution in [0.4, 0.5) is 0 Å². The molecule has 1 aliphatic heterocycles. The van der Waals surface area contributed by atoms with Crippen molar-refractivity contribution in [3.63, 3.8) is 0 Å². The van der Waals surface area contributed by atoms with Gasteiger partial charge in [0.1, 0.15) is 18.9 Å². The third kappa shape index (κ3) is 2.40. The van der Waals surface area contributed by atoms with Crippen molar-refractivity contribution in [1.82, 2.24) is 0 Å². The molecule has 94 valence electrons. The van der Waals surface area contributed by atoms with Crippen LogP contribution in [0, 0.1) is 0 Å². The van der Waals surface area contributed by atoms with E-state index < -0.39 is 0 Å². The highest BCUT2D eigenvalue weighted by Gasteiger charge is 2.21. The Balaban J connectivity index is 1.88. The zero-order chi connectivity index (χ0) is 13.1. The molecule has 2 aromatic rings. The van der Waals surface area contributed by atoms with Gasteiger partial charge in [-0.05, 0) is 17.7 Å². The quantitative estimate of drug-likeness (QED) is 0.786. The zero-order valence-electron chi connectivity index (χ0n) is 10.3. The summed E-state index contributed by atoms with van der Waals surface area (Å²) in [6, 6.07) is 17.4. The summed E-state index contributed by atoms with van der Waals surface area (Å²) in [7, 11) is 0. The number of nitrogens with zero attached hydrogens (tertiary/aromatic N) is 1. The highest BCUT2D eigenvalue weighted by Crippen LogP contribution is 2.24. The second-order valence-electron chi connectivity index (χ2n) is 4.42. The zero-order valence-corrected chi connectivity index (χ0v) is 10.3. The summed E-state index contributed by atoms with van der Waals surface area (Å²) in [6.07, 6.45) is 0.827. The van der Waals surface area contributed by atoms with Crippen molar-refractivity contribution in [1.29, 1.82) is 0 Å². The van der Waals surface area contributed by atoms with Gasteiger partial charge in [0.15, 0.2) is 0 Å². The Bertz CT molecular complexity index is 620. The molecule has 0 N–H and O–H groups in total. The lowest BCUT2D eigenvalue weighted by molar-refractivity contribution is 0.112. The van der Waals surface area contributed by atoms with Crippen LogP contribution in [0.1, 0.15) is 27.5 Å². The van der Waals surface area contributed by atoms with Crippen LogP contribution in [-0.4, -0.2) is 18.8 Å². The first-order chi connectivity index (χ1) is 9.36. The lowest BCUT2D eigenvalue weighted by Gasteiger charge is -2.03. The number of benzene rings is 2. The lowest BCUT2D eigenvalue weighted by atomic mass is 10.1. The molecule has 19 heavy (non-hydrogen) atoms. The van der Waals surface area contributed by atoms with Gasteiger partial charge in [-0.3, -0.25) is 4.79 Å². The van der Waals surface area contributed by atoms with E-state index in [1.54, 1.807) is 12.1 Å². The number of hydrogen-bond donors (Lipinski definition) is 0. The minimum absolute atomic E-state index is 0.0380. The Kier molecular flexibility index (Phi) is 3.11. The summed E-state index contributed by atoms with van der Waals surface area (Å²) in [4.78, 5) is 15.4. The number of hydrogen-bond acceptors (Lipinski definition) is 3. The molecule has 3 nitrogen and oxygen atoms in total. The minimum Gasteiger partial charge on any atom is -0.475 e. The number of aldehydes is 1. The molecule has 0 unspecified atom stereocenters. The van der Waals surface area contributed by atoms with Crippen molar-refractivity contribution in [3.8, 4) is 0 Å². The van der Waals surface area contributed by atoms with Gasteiger partial charge in [0.25, 0.3) is 0 Å². The average Bonchev–Trinajstić information content (AvgIpc) is 2.98. The number of carbonyl (C=O) groups excluding carboxylic acids is 1. The smallest absolute Gasteiger partial charge is 0.216 e. The third-order valence-electron chi connectivity index (χ3n) is 3.11. The first-order valence-corrected chi connectivity index (χ1v) is 6.18. The summed E-state index contributed by atoms with van der Waals surface area (Å²) in [5.41, 5.74) is 2.62. The predicted molar refractivity (Wildman–Crippen MR) is 73.5 cm³/mol. The molecule has 0 radical (unpaired) electrons. The van der Waals surface area contributed by atoms with Crippen molar-refractivity contribution < 1.29 is 9.53 Å². The second kappa shape index (κ2) is 5.06. The standard InChI is InChI=1S/C16H13NO2/c18-10-12-5-4-8-14(9-12)16-17-15(11-19-16)13-6-2-1-3-7-13/h1-10,15H,11H2/t15-/m1/s1. The van der Waals surface area contributed by atoms with Crippen LogP contribution < -0.4 is 0 Å². The van der Waals surface area contributed by atoms with Crippen molar-refractivity contribution >= 4 is 12.2 Å². The van der Waals surface area contributed by atoms with Crippen LogP contribution in [0.15, 0.2) is 59.6 Å². The third-order valence-corrected chi connectivity index (χ3v) is 3.11. The van der Waals surface area contributed by atoms with E-state index in [-0.39, 0.29) is 6.04 Å². The Labute approximate surface area is 111 Å². The molecule has 1 aliphatic rings. The van der Waals surface area contributed by atoms with Crippen LogP contribution in [0.2, 0.25) is 0 Å². The Morgan fingerprint density at radius 2 is 1.95 bits per heavy atom. The Hall–Kier alpha value is -2.42. The van der Waals surface area contributed by atoms with Gasteiger partial charge in [0, 0.05) is 11.1 Å². The van der Waals surface area contributed by atoms with Gasteiger partial charge in [-0.2, -0.15) is 0 Å². The lowest BCUT2D eigenvalue weighted by Crippen LogP contribution is -2.01. The first kappa shape index (κ1) is 11.7. The van der Waals surface area contributed by atoms with Gasteiger partial charge in [-0.15, -0.1) is 0 Å². The highest BCUT2D eigenvalue weighted by molar-refractivity contribution is 5.96. The van der Waals surface area contributed by atoms with E-state index in [9.17, 15) is 4.79 Å². The maximum atomic E-state index is 10.8. The van der Waals surface area contributed by atoms with E-state index in [0.29, 0.717) is 18.1 Å². The van der Waals surface area contributed by atoms with Crippen LogP contribution >= 0.6 is 0 Å². The van der Waals surface area contributed by atoms with Gasteiger partial charge < -0.3 is 4.74 Å². The molecule has 3 heteroatoms. The molecule has 2 aromatic carbocycles. The molecule has 1 heterocycles. The number of carbonyl (C=O) groups is 1. The molecule has 0 fully saturated rings. The Morgan fingerprint density at radius 3 is 2.74 bits per heavy atom. The molecule has 0 aromatic heterocycles. The largest absolute Gasteiger partial charge is 0.475 e. The predicted octanol–water partition coefficient (Wildman–Crippen LogP) is 3.02. The summed E-state index contributed by atoms with van der Waals surface area (Å²) in [5, 5.41) is 0. The average molecular weight is 251 g/mol. The summed E-state index contributed by atoms with van der Waals surface area (Å²) in [6.45, 7) is 0.546. The van der Waals surface area contributed by atoms with Crippen LogP contribution in [-0.2, 0) is 4.74 Å². The maximum Gasteiger partial charge on any atom is 0.216 e.